The van der Waals surface area contributed by atoms with Crippen LogP contribution < -0.4 is 4.74 Å². The van der Waals surface area contributed by atoms with Crippen LogP contribution in [0.15, 0.2) is 67.3 Å². The van der Waals surface area contributed by atoms with E-state index in [2.05, 4.69) is 23.6 Å². The summed E-state index contributed by atoms with van der Waals surface area (Å²) in [6, 6.07) is 17.6. The Hall–Kier alpha value is -2.60. The van der Waals surface area contributed by atoms with Gasteiger partial charge in [-0.15, -0.1) is 6.58 Å². The molecule has 32 heavy (non-hydrogen) atoms. The van der Waals surface area contributed by atoms with Gasteiger partial charge in [0.05, 0.1) is 16.2 Å². The van der Waals surface area contributed by atoms with E-state index in [1.165, 1.54) is 12.8 Å². The van der Waals surface area contributed by atoms with Gasteiger partial charge in [-0.3, -0.25) is 4.90 Å². The molecule has 0 unspecified atom stereocenters. The van der Waals surface area contributed by atoms with Crippen LogP contribution in [0, 0.1) is 5.92 Å². The first-order chi connectivity index (χ1) is 15.4. The maximum Gasteiger partial charge on any atom is 0.222 e. The van der Waals surface area contributed by atoms with Crippen LogP contribution in [0.1, 0.15) is 25.3 Å². The Bertz CT molecular complexity index is 1070. The Kier molecular flexibility index (Phi) is 6.70. The number of hydrogen-bond acceptors (Lipinski definition) is 4. The number of halogens is 1. The molecule has 0 spiro atoms. The molecule has 0 radical (unpaired) electrons. The van der Waals surface area contributed by atoms with Crippen molar-refractivity contribution >= 4 is 11.6 Å². The van der Waals surface area contributed by atoms with Crippen molar-refractivity contribution in [1.82, 2.24) is 14.7 Å². The highest BCUT2D eigenvalue weighted by Crippen LogP contribution is 2.37. The maximum absolute atomic E-state index is 10.7. The fraction of sp³-hybridized carbons (Fsp3) is 0.346. The van der Waals surface area contributed by atoms with Crippen molar-refractivity contribution in [3.63, 3.8) is 0 Å². The first-order valence-electron chi connectivity index (χ1n) is 11.0. The van der Waals surface area contributed by atoms with E-state index in [-0.39, 0.29) is 0 Å². The van der Waals surface area contributed by atoms with Crippen LogP contribution in [0.4, 0.5) is 0 Å². The third-order valence-electron chi connectivity index (χ3n) is 5.76. The minimum atomic E-state index is -0.978. The topological polar surface area (TPSA) is 50.5 Å². The molecule has 4 rings (SSSR count). The van der Waals surface area contributed by atoms with Crippen molar-refractivity contribution in [2.75, 3.05) is 13.1 Å². The number of ether oxygens (including phenoxy) is 1. The highest BCUT2D eigenvalue weighted by atomic mass is 35.5. The zero-order valence-corrected chi connectivity index (χ0v) is 19.4. The lowest BCUT2D eigenvalue weighted by Crippen LogP contribution is -2.40. The summed E-state index contributed by atoms with van der Waals surface area (Å²) in [5.41, 5.74) is 1.88. The molecule has 0 saturated heterocycles. The number of nitrogens with zero attached hydrogens (tertiary/aromatic N) is 3. The summed E-state index contributed by atoms with van der Waals surface area (Å²) >= 11 is 6.38. The number of aryl methyl sites for hydroxylation is 1. The van der Waals surface area contributed by atoms with E-state index in [1.54, 1.807) is 17.7 Å². The summed E-state index contributed by atoms with van der Waals surface area (Å²) in [7, 11) is 1.88. The van der Waals surface area contributed by atoms with E-state index >= 15 is 0 Å². The molecule has 5 nitrogen and oxygen atoms in total. The molecular formula is C26H30ClN3O2. The van der Waals surface area contributed by atoms with E-state index in [4.69, 9.17) is 21.4 Å². The molecule has 1 N–H and O–H groups in total. The lowest BCUT2D eigenvalue weighted by Gasteiger charge is -2.30. The standard InChI is InChI=1S/C26H30ClN3O2/c1-4-26(2,31)18-30(16-19-14-15-19)17-21-24(20-10-6-5-7-11-20)28-29(3)25(21)32-23-13-9-8-12-22(23)27/h4-13,19,31H,1,14-18H2,2-3H3/t26-/m0/s1. The van der Waals surface area contributed by atoms with Crippen LogP contribution in [0.5, 0.6) is 11.6 Å². The second kappa shape index (κ2) is 9.49. The van der Waals surface area contributed by atoms with E-state index in [1.807, 2.05) is 49.5 Å². The van der Waals surface area contributed by atoms with Gasteiger partial charge in [0.2, 0.25) is 5.88 Å². The van der Waals surface area contributed by atoms with E-state index in [0.29, 0.717) is 35.7 Å². The van der Waals surface area contributed by atoms with E-state index in [9.17, 15) is 5.11 Å². The van der Waals surface area contributed by atoms with Crippen LogP contribution in [-0.4, -0.2) is 38.5 Å². The Morgan fingerprint density at radius 2 is 1.91 bits per heavy atom. The summed E-state index contributed by atoms with van der Waals surface area (Å²) in [5.74, 6) is 1.90. The number of para-hydroxylation sites is 1. The number of hydrogen-bond donors (Lipinski definition) is 1. The molecule has 1 aromatic heterocycles. The van der Waals surface area contributed by atoms with Gasteiger partial charge in [-0.05, 0) is 37.8 Å². The summed E-state index contributed by atoms with van der Waals surface area (Å²) in [5, 5.41) is 16.1. The molecule has 1 heterocycles. The molecule has 1 fully saturated rings. The molecule has 1 aliphatic carbocycles. The van der Waals surface area contributed by atoms with Crippen LogP contribution in [-0.2, 0) is 13.6 Å². The lowest BCUT2D eigenvalue weighted by molar-refractivity contribution is 0.0566. The smallest absolute Gasteiger partial charge is 0.222 e. The zero-order valence-electron chi connectivity index (χ0n) is 18.7. The second-order valence-corrected chi connectivity index (χ2v) is 9.24. The van der Waals surface area contributed by atoms with Gasteiger partial charge >= 0.3 is 0 Å². The monoisotopic (exact) mass is 451 g/mol. The Morgan fingerprint density at radius 3 is 2.56 bits per heavy atom. The molecule has 2 aromatic carbocycles. The summed E-state index contributed by atoms with van der Waals surface area (Å²) < 4.78 is 8.08. The molecule has 0 amide bonds. The van der Waals surface area contributed by atoms with Crippen molar-refractivity contribution < 1.29 is 9.84 Å². The molecule has 0 aliphatic heterocycles. The lowest BCUT2D eigenvalue weighted by atomic mass is 10.0. The molecular weight excluding hydrogens is 422 g/mol. The van der Waals surface area contributed by atoms with Crippen molar-refractivity contribution in [2.24, 2.45) is 13.0 Å². The molecule has 3 aromatic rings. The van der Waals surface area contributed by atoms with Gasteiger partial charge < -0.3 is 9.84 Å². The predicted octanol–water partition coefficient (Wildman–Crippen LogP) is 5.68. The summed E-state index contributed by atoms with van der Waals surface area (Å²) in [6.45, 7) is 7.60. The average molecular weight is 452 g/mol. The molecule has 1 saturated carbocycles. The van der Waals surface area contributed by atoms with E-state index < -0.39 is 5.60 Å². The van der Waals surface area contributed by atoms with Crippen molar-refractivity contribution in [3.8, 4) is 22.9 Å². The normalized spacial score (nSPS) is 15.5. The van der Waals surface area contributed by atoms with Gasteiger partial charge in [0.25, 0.3) is 0 Å². The fourth-order valence-corrected chi connectivity index (χ4v) is 4.05. The zero-order chi connectivity index (χ0) is 22.7. The number of benzene rings is 2. The van der Waals surface area contributed by atoms with Gasteiger partial charge in [-0.25, -0.2) is 4.68 Å². The molecule has 6 heteroatoms. The predicted molar refractivity (Wildman–Crippen MR) is 129 cm³/mol. The largest absolute Gasteiger partial charge is 0.437 e. The van der Waals surface area contributed by atoms with Gasteiger partial charge in [-0.2, -0.15) is 5.10 Å². The Labute approximate surface area is 194 Å². The Balaban J connectivity index is 1.74. The number of aromatic nitrogens is 2. The Morgan fingerprint density at radius 1 is 1.22 bits per heavy atom. The van der Waals surface area contributed by atoms with Crippen LogP contribution in [0.25, 0.3) is 11.3 Å². The van der Waals surface area contributed by atoms with Crippen LogP contribution >= 0.6 is 11.6 Å². The molecule has 1 atom stereocenters. The van der Waals surface area contributed by atoms with Crippen molar-refractivity contribution in [2.45, 2.75) is 31.9 Å². The molecule has 1 aliphatic rings. The highest BCUT2D eigenvalue weighted by Gasteiger charge is 2.30. The highest BCUT2D eigenvalue weighted by molar-refractivity contribution is 6.32. The first-order valence-corrected chi connectivity index (χ1v) is 11.4. The third-order valence-corrected chi connectivity index (χ3v) is 6.07. The first kappa shape index (κ1) is 22.6. The number of aliphatic hydroxyl groups is 1. The van der Waals surface area contributed by atoms with Gasteiger partial charge in [0, 0.05) is 32.2 Å². The van der Waals surface area contributed by atoms with Gasteiger partial charge in [0.15, 0.2) is 0 Å². The van der Waals surface area contributed by atoms with Gasteiger partial charge in [0.1, 0.15) is 11.4 Å². The average Bonchev–Trinajstić information content (AvgIpc) is 3.54. The fourth-order valence-electron chi connectivity index (χ4n) is 3.87. The van der Waals surface area contributed by atoms with E-state index in [0.717, 1.165) is 23.4 Å². The van der Waals surface area contributed by atoms with Crippen LogP contribution in [0.3, 0.4) is 0 Å². The van der Waals surface area contributed by atoms with Crippen molar-refractivity contribution in [1.29, 1.82) is 0 Å². The molecule has 168 valence electrons. The summed E-state index contributed by atoms with van der Waals surface area (Å²) in [4.78, 5) is 2.28. The number of rotatable bonds is 10. The minimum Gasteiger partial charge on any atom is -0.437 e. The minimum absolute atomic E-state index is 0.488. The summed E-state index contributed by atoms with van der Waals surface area (Å²) in [6.07, 6.45) is 4.07. The SMILES string of the molecule is C=C[C@](C)(O)CN(Cc1c(-c2ccccc2)nn(C)c1Oc1ccccc1Cl)CC1CC1. The van der Waals surface area contributed by atoms with Crippen molar-refractivity contribution in [3.05, 3.63) is 77.8 Å². The molecule has 0 bridgehead atoms. The third kappa shape index (κ3) is 5.41. The quantitative estimate of drug-likeness (QED) is 0.403. The van der Waals surface area contributed by atoms with Crippen LogP contribution in [0.2, 0.25) is 5.02 Å². The maximum atomic E-state index is 10.7. The van der Waals surface area contributed by atoms with Gasteiger partial charge in [-0.1, -0.05) is 60.1 Å². The second-order valence-electron chi connectivity index (χ2n) is 8.83.